The van der Waals surface area contributed by atoms with Gasteiger partial charge < -0.3 is 5.32 Å². The molecule has 1 N–H and O–H groups in total. The first-order valence-corrected chi connectivity index (χ1v) is 15.2. The molecule has 10 rings (SSSR count). The van der Waals surface area contributed by atoms with Crippen molar-refractivity contribution in [2.75, 3.05) is 0 Å². The lowest BCUT2D eigenvalue weighted by atomic mass is 9.89. The summed E-state index contributed by atoms with van der Waals surface area (Å²) in [7, 11) is 0. The summed E-state index contributed by atoms with van der Waals surface area (Å²) >= 11 is 0. The van der Waals surface area contributed by atoms with Gasteiger partial charge >= 0.3 is 0 Å². The highest BCUT2D eigenvalue weighted by Crippen LogP contribution is 2.51. The zero-order valence-electron chi connectivity index (χ0n) is 23.9. The Morgan fingerprint density at radius 3 is 1.36 bits per heavy atom. The third-order valence-corrected chi connectivity index (χ3v) is 9.66. The van der Waals surface area contributed by atoms with Crippen molar-refractivity contribution in [1.29, 1.82) is 0 Å². The summed E-state index contributed by atoms with van der Waals surface area (Å²) in [5, 5.41) is 8.73. The van der Waals surface area contributed by atoms with Gasteiger partial charge in [-0.15, -0.1) is 0 Å². The van der Waals surface area contributed by atoms with Gasteiger partial charge in [-0.1, -0.05) is 109 Å². The minimum Gasteiger partial charge on any atom is -0.366 e. The van der Waals surface area contributed by atoms with Crippen LogP contribution in [0.25, 0.3) is 88.3 Å². The predicted molar refractivity (Wildman–Crippen MR) is 185 cm³/mol. The van der Waals surface area contributed by atoms with E-state index in [1.54, 1.807) is 0 Å². The van der Waals surface area contributed by atoms with Crippen LogP contribution in [-0.4, -0.2) is 6.21 Å². The molecule has 1 heterocycles. The Morgan fingerprint density at radius 2 is 0.886 bits per heavy atom. The molecule has 7 aromatic rings. The number of fused-ring (bicyclic) bond motifs is 6. The summed E-state index contributed by atoms with van der Waals surface area (Å²) in [4.78, 5) is 4.80. The fourth-order valence-corrected chi connectivity index (χ4v) is 7.79. The van der Waals surface area contributed by atoms with Gasteiger partial charge in [0.25, 0.3) is 0 Å². The van der Waals surface area contributed by atoms with Crippen LogP contribution in [0, 0.1) is 0 Å². The molecule has 0 aromatic heterocycles. The van der Waals surface area contributed by atoms with Gasteiger partial charge in [0.2, 0.25) is 0 Å². The summed E-state index contributed by atoms with van der Waals surface area (Å²) in [5.74, 6) is 0. The molecule has 0 amide bonds. The van der Waals surface area contributed by atoms with Gasteiger partial charge in [0, 0.05) is 6.21 Å². The largest absolute Gasteiger partial charge is 0.366 e. The molecule has 2 nitrogen and oxygen atoms in total. The van der Waals surface area contributed by atoms with E-state index in [1.165, 1.54) is 88.3 Å². The maximum absolute atomic E-state index is 4.80. The van der Waals surface area contributed by atoms with Gasteiger partial charge in [-0.25, -0.2) is 0 Å². The molecule has 1 unspecified atom stereocenters. The zero-order chi connectivity index (χ0) is 28.8. The van der Waals surface area contributed by atoms with E-state index in [4.69, 9.17) is 4.99 Å². The normalized spacial score (nSPS) is 15.0. The lowest BCUT2D eigenvalue weighted by Crippen LogP contribution is -2.16. The van der Waals surface area contributed by atoms with Crippen LogP contribution in [-0.2, 0) is 0 Å². The summed E-state index contributed by atoms with van der Waals surface area (Å²) in [6.45, 7) is 0. The second kappa shape index (κ2) is 8.89. The van der Waals surface area contributed by atoms with Gasteiger partial charge in [0.1, 0.15) is 6.17 Å². The molecule has 0 bridgehead atoms. The maximum atomic E-state index is 4.80. The Hall–Kier alpha value is -5.73. The average molecular weight is 559 g/mol. The number of allylic oxidation sites excluding steroid dienone is 1. The second-order valence-corrected chi connectivity index (χ2v) is 11.9. The van der Waals surface area contributed by atoms with Gasteiger partial charge in [0.15, 0.2) is 0 Å². The monoisotopic (exact) mass is 558 g/mol. The lowest BCUT2D eigenvalue weighted by Gasteiger charge is -2.20. The van der Waals surface area contributed by atoms with Crippen molar-refractivity contribution in [3.8, 4) is 66.8 Å². The highest BCUT2D eigenvalue weighted by molar-refractivity contribution is 6.20. The summed E-state index contributed by atoms with van der Waals surface area (Å²) < 4.78 is 0. The number of benzene rings is 7. The first kappa shape index (κ1) is 23.8. The first-order valence-electron chi connectivity index (χ1n) is 15.2. The Bertz CT molecular complexity index is 2220. The zero-order valence-corrected chi connectivity index (χ0v) is 23.9. The van der Waals surface area contributed by atoms with E-state index in [2.05, 4.69) is 133 Å². The van der Waals surface area contributed by atoms with Crippen LogP contribution in [0.1, 0.15) is 11.7 Å². The summed E-state index contributed by atoms with van der Waals surface area (Å²) in [6.07, 6.45) is 5.68. The van der Waals surface area contributed by atoms with Crippen molar-refractivity contribution in [3.05, 3.63) is 145 Å². The molecule has 1 aliphatic heterocycles. The van der Waals surface area contributed by atoms with Crippen LogP contribution in [0.2, 0.25) is 0 Å². The minimum absolute atomic E-state index is 0.138. The van der Waals surface area contributed by atoms with Crippen molar-refractivity contribution in [2.24, 2.45) is 4.99 Å². The van der Waals surface area contributed by atoms with Gasteiger partial charge in [-0.05, 0) is 124 Å². The number of nitrogens with zero attached hydrogens (tertiary/aromatic N) is 1. The molecule has 0 fully saturated rings. The topological polar surface area (TPSA) is 24.4 Å². The Morgan fingerprint density at radius 1 is 0.432 bits per heavy atom. The lowest BCUT2D eigenvalue weighted by molar-refractivity contribution is 0.653. The predicted octanol–water partition coefficient (Wildman–Crippen LogP) is 10.8. The van der Waals surface area contributed by atoms with Crippen LogP contribution in [0.3, 0.4) is 0 Å². The molecule has 0 spiro atoms. The van der Waals surface area contributed by atoms with Crippen molar-refractivity contribution >= 4 is 27.8 Å². The molecule has 3 aliphatic rings. The van der Waals surface area contributed by atoms with Crippen LogP contribution >= 0.6 is 0 Å². The molecule has 0 saturated carbocycles. The van der Waals surface area contributed by atoms with Crippen LogP contribution in [0.5, 0.6) is 0 Å². The van der Waals surface area contributed by atoms with Crippen molar-refractivity contribution in [3.63, 3.8) is 0 Å². The Balaban J connectivity index is 1.22. The van der Waals surface area contributed by atoms with Crippen LogP contribution in [0.4, 0.5) is 0 Å². The number of nitrogens with one attached hydrogen (secondary N) is 1. The molecule has 0 radical (unpaired) electrons. The highest BCUT2D eigenvalue weighted by Gasteiger charge is 2.25. The van der Waals surface area contributed by atoms with E-state index in [-0.39, 0.29) is 6.17 Å². The second-order valence-electron chi connectivity index (χ2n) is 11.9. The SMILES string of the molecule is C1=CNC(c2cc(-c3ccc4c5c(cccc35)-c3ccccc3-4)cc(-c3ccc4c5c(cccc35)-c3ccccc3-4)c2)N=C1. The van der Waals surface area contributed by atoms with E-state index in [1.807, 2.05) is 18.5 Å². The van der Waals surface area contributed by atoms with E-state index in [9.17, 15) is 0 Å². The fourth-order valence-electron chi connectivity index (χ4n) is 7.79. The smallest absolute Gasteiger partial charge is 0.144 e. The van der Waals surface area contributed by atoms with Gasteiger partial charge in [-0.2, -0.15) is 0 Å². The number of hydrogen-bond donors (Lipinski definition) is 1. The third kappa shape index (κ3) is 3.23. The average Bonchev–Trinajstić information content (AvgIpc) is 3.60. The van der Waals surface area contributed by atoms with Crippen LogP contribution in [0.15, 0.2) is 145 Å². The van der Waals surface area contributed by atoms with Crippen molar-refractivity contribution in [1.82, 2.24) is 5.32 Å². The van der Waals surface area contributed by atoms with E-state index in [0.29, 0.717) is 0 Å². The molecule has 204 valence electrons. The molecule has 44 heavy (non-hydrogen) atoms. The van der Waals surface area contributed by atoms with Gasteiger partial charge in [0.05, 0.1) is 0 Å². The number of hydrogen-bond acceptors (Lipinski definition) is 2. The quantitative estimate of drug-likeness (QED) is 0.229. The first-order chi connectivity index (χ1) is 21.8. The highest BCUT2D eigenvalue weighted by atomic mass is 15.1. The van der Waals surface area contributed by atoms with Crippen molar-refractivity contribution < 1.29 is 0 Å². The Labute approximate surface area is 255 Å². The summed E-state index contributed by atoms with van der Waals surface area (Å²) in [6, 6.07) is 47.3. The molecular weight excluding hydrogens is 532 g/mol. The number of rotatable bonds is 3. The Kier molecular flexibility index (Phi) is 4.81. The molecule has 7 aromatic carbocycles. The molecule has 2 aliphatic carbocycles. The molecule has 1 atom stereocenters. The summed E-state index contributed by atoms with van der Waals surface area (Å²) in [5.41, 5.74) is 16.6. The number of aliphatic imine (C=N–C) groups is 1. The third-order valence-electron chi connectivity index (χ3n) is 9.66. The molecule has 0 saturated heterocycles. The van der Waals surface area contributed by atoms with Crippen LogP contribution < -0.4 is 5.32 Å². The maximum Gasteiger partial charge on any atom is 0.144 e. The van der Waals surface area contributed by atoms with E-state index >= 15 is 0 Å². The van der Waals surface area contributed by atoms with Gasteiger partial charge in [-0.3, -0.25) is 4.99 Å². The van der Waals surface area contributed by atoms with E-state index in [0.717, 1.165) is 5.56 Å². The molecular formula is C42H26N2. The van der Waals surface area contributed by atoms with E-state index < -0.39 is 0 Å². The fraction of sp³-hybridized carbons (Fsp3) is 0.0238. The minimum atomic E-state index is -0.138. The molecule has 2 heteroatoms. The van der Waals surface area contributed by atoms with Crippen molar-refractivity contribution in [2.45, 2.75) is 6.17 Å². The standard InChI is InChI=1S/C42H26N2/c1-3-10-32-30(8-1)36-14-5-12-34-28(16-18-38(32)40(34)36)25-22-26(24-27(23-25)42-43-20-7-21-44-42)29-17-19-39-33-11-4-2-9-31(33)37-15-6-13-35(29)41(37)39/h1-24,42-43H.